The van der Waals surface area contributed by atoms with Crippen LogP contribution in [0.25, 0.3) is 0 Å². The summed E-state index contributed by atoms with van der Waals surface area (Å²) in [4.78, 5) is 11.5. The number of nitriles is 1. The second kappa shape index (κ2) is 7.32. The minimum atomic E-state index is -1.61. The molecule has 1 aromatic rings. The number of carbonyl (C=O) groups is 1. The molecule has 0 aliphatic rings. The molecule has 0 aliphatic carbocycles. The second-order valence-electron chi connectivity index (χ2n) is 4.11. The van der Waals surface area contributed by atoms with Crippen molar-refractivity contribution in [2.45, 2.75) is 25.9 Å². The average Bonchev–Trinajstić information content (AvgIpc) is 2.46. The molecule has 0 heterocycles. The van der Waals surface area contributed by atoms with E-state index in [1.54, 1.807) is 0 Å². The molecule has 4 heteroatoms. The third kappa shape index (κ3) is 4.22. The van der Waals surface area contributed by atoms with E-state index in [9.17, 15) is 9.18 Å². The molecule has 1 rings (SSSR count). The van der Waals surface area contributed by atoms with Crippen molar-refractivity contribution in [3.05, 3.63) is 47.5 Å². The van der Waals surface area contributed by atoms with E-state index in [-0.39, 0.29) is 17.7 Å². The monoisotopic (exact) mass is 261 g/mol. The molecule has 100 valence electrons. The van der Waals surface area contributed by atoms with Gasteiger partial charge in [0.1, 0.15) is 0 Å². The van der Waals surface area contributed by atoms with Gasteiger partial charge in [0.2, 0.25) is 0 Å². The SMILES string of the molecule is C=C(C(=O)OCCCC)C(F)c1ccc(C#N)cc1. The Balaban J connectivity index is 2.65. The quantitative estimate of drug-likeness (QED) is 0.447. The number of hydrogen-bond acceptors (Lipinski definition) is 3. The van der Waals surface area contributed by atoms with Gasteiger partial charge in [0.15, 0.2) is 6.17 Å². The Kier molecular flexibility index (Phi) is 5.74. The van der Waals surface area contributed by atoms with Crippen molar-refractivity contribution in [2.24, 2.45) is 0 Å². The lowest BCUT2D eigenvalue weighted by molar-refractivity contribution is -0.139. The second-order valence-corrected chi connectivity index (χ2v) is 4.11. The Morgan fingerprint density at radius 1 is 1.47 bits per heavy atom. The highest BCUT2D eigenvalue weighted by Gasteiger charge is 2.21. The summed E-state index contributed by atoms with van der Waals surface area (Å²) in [5.74, 6) is -0.717. The van der Waals surface area contributed by atoms with Gasteiger partial charge in [-0.1, -0.05) is 32.1 Å². The summed E-state index contributed by atoms with van der Waals surface area (Å²) >= 11 is 0. The molecule has 3 nitrogen and oxygen atoms in total. The third-order valence-corrected chi connectivity index (χ3v) is 2.63. The van der Waals surface area contributed by atoms with Crippen LogP contribution in [0.3, 0.4) is 0 Å². The molecule has 1 unspecified atom stereocenters. The van der Waals surface area contributed by atoms with Crippen LogP contribution in [0.15, 0.2) is 36.4 Å². The van der Waals surface area contributed by atoms with Crippen molar-refractivity contribution in [3.8, 4) is 6.07 Å². The summed E-state index contributed by atoms with van der Waals surface area (Å²) in [6.45, 7) is 5.68. The van der Waals surface area contributed by atoms with Crippen LogP contribution in [0, 0.1) is 11.3 Å². The van der Waals surface area contributed by atoms with Crippen LogP contribution in [0.2, 0.25) is 0 Å². The maximum atomic E-state index is 14.0. The zero-order valence-electron chi connectivity index (χ0n) is 10.9. The predicted octanol–water partition coefficient (Wildman–Crippen LogP) is 3.47. The maximum absolute atomic E-state index is 14.0. The lowest BCUT2D eigenvalue weighted by atomic mass is 10.0. The molecule has 0 saturated carbocycles. The topological polar surface area (TPSA) is 50.1 Å². The molecular weight excluding hydrogens is 245 g/mol. The number of carbonyl (C=O) groups excluding carboxylic acids is 1. The number of ether oxygens (including phenoxy) is 1. The van der Waals surface area contributed by atoms with Gasteiger partial charge in [-0.25, -0.2) is 9.18 Å². The van der Waals surface area contributed by atoms with Gasteiger partial charge in [0.05, 0.1) is 23.8 Å². The van der Waals surface area contributed by atoms with E-state index < -0.39 is 12.1 Å². The summed E-state index contributed by atoms with van der Waals surface area (Å²) in [6, 6.07) is 7.87. The van der Waals surface area contributed by atoms with Crippen LogP contribution in [-0.2, 0) is 9.53 Å². The summed E-state index contributed by atoms with van der Waals surface area (Å²) in [5.41, 5.74) is 0.504. The molecule has 1 atom stereocenters. The van der Waals surface area contributed by atoms with Crippen molar-refractivity contribution in [3.63, 3.8) is 0 Å². The molecule has 1 aromatic carbocycles. The molecule has 0 bridgehead atoms. The fourth-order valence-electron chi connectivity index (χ4n) is 1.43. The van der Waals surface area contributed by atoms with Crippen LogP contribution >= 0.6 is 0 Å². The Bertz CT molecular complexity index is 488. The fourth-order valence-corrected chi connectivity index (χ4v) is 1.43. The van der Waals surface area contributed by atoms with Gasteiger partial charge in [0, 0.05) is 0 Å². The largest absolute Gasteiger partial charge is 0.462 e. The van der Waals surface area contributed by atoms with Gasteiger partial charge in [-0.3, -0.25) is 0 Å². The summed E-state index contributed by atoms with van der Waals surface area (Å²) in [5, 5.41) is 8.65. The number of rotatable bonds is 6. The van der Waals surface area contributed by atoms with Crippen molar-refractivity contribution in [1.82, 2.24) is 0 Å². The summed E-state index contributed by atoms with van der Waals surface area (Å²) in [6.07, 6.45) is 0.0308. The molecule has 0 fully saturated rings. The van der Waals surface area contributed by atoms with E-state index in [0.717, 1.165) is 12.8 Å². The normalized spacial score (nSPS) is 11.4. The first-order valence-corrected chi connectivity index (χ1v) is 6.10. The lowest BCUT2D eigenvalue weighted by Gasteiger charge is -2.11. The Labute approximate surface area is 112 Å². The first-order chi connectivity index (χ1) is 9.10. The van der Waals surface area contributed by atoms with Crippen molar-refractivity contribution in [2.75, 3.05) is 6.61 Å². The highest BCUT2D eigenvalue weighted by atomic mass is 19.1. The highest BCUT2D eigenvalue weighted by Crippen LogP contribution is 2.25. The number of alkyl halides is 1. The predicted molar refractivity (Wildman–Crippen MR) is 70.0 cm³/mol. The van der Waals surface area contributed by atoms with Crippen LogP contribution in [0.5, 0.6) is 0 Å². The van der Waals surface area contributed by atoms with Gasteiger partial charge in [-0.15, -0.1) is 0 Å². The molecule has 0 amide bonds. The Hall–Kier alpha value is -2.15. The van der Waals surface area contributed by atoms with Crippen LogP contribution < -0.4 is 0 Å². The Morgan fingerprint density at radius 2 is 2.11 bits per heavy atom. The first kappa shape index (κ1) is 14.9. The maximum Gasteiger partial charge on any atom is 0.336 e. The standard InChI is InChI=1S/C15H16FNO2/c1-3-4-9-19-15(18)11(2)14(16)13-7-5-12(10-17)6-8-13/h5-8,14H,2-4,9H2,1H3. The number of halogens is 1. The third-order valence-electron chi connectivity index (χ3n) is 2.63. The lowest BCUT2D eigenvalue weighted by Crippen LogP contribution is -2.12. The van der Waals surface area contributed by atoms with E-state index in [4.69, 9.17) is 10.00 Å². The molecule has 0 aromatic heterocycles. The fraction of sp³-hybridized carbons (Fsp3) is 0.333. The minimum Gasteiger partial charge on any atom is -0.462 e. The number of hydrogen-bond donors (Lipinski definition) is 0. The van der Waals surface area contributed by atoms with Crippen molar-refractivity contribution < 1.29 is 13.9 Å². The molecule has 19 heavy (non-hydrogen) atoms. The number of nitrogens with zero attached hydrogens (tertiary/aromatic N) is 1. The van der Waals surface area contributed by atoms with Crippen molar-refractivity contribution in [1.29, 1.82) is 5.26 Å². The molecule has 0 radical (unpaired) electrons. The molecular formula is C15H16FNO2. The number of unbranched alkanes of at least 4 members (excludes halogenated alkanes) is 1. The molecule has 0 N–H and O–H groups in total. The summed E-state index contributed by atoms with van der Waals surface area (Å²) < 4.78 is 18.9. The number of benzene rings is 1. The van der Waals surface area contributed by atoms with Gasteiger partial charge >= 0.3 is 5.97 Å². The van der Waals surface area contributed by atoms with Gasteiger partial charge in [0.25, 0.3) is 0 Å². The van der Waals surface area contributed by atoms with Crippen LogP contribution in [0.4, 0.5) is 4.39 Å². The minimum absolute atomic E-state index is 0.221. The van der Waals surface area contributed by atoms with E-state index in [1.165, 1.54) is 24.3 Å². The Morgan fingerprint density at radius 3 is 2.63 bits per heavy atom. The van der Waals surface area contributed by atoms with E-state index >= 15 is 0 Å². The van der Waals surface area contributed by atoms with Gasteiger partial charge in [-0.2, -0.15) is 5.26 Å². The zero-order valence-corrected chi connectivity index (χ0v) is 10.9. The van der Waals surface area contributed by atoms with Gasteiger partial charge in [-0.05, 0) is 24.1 Å². The zero-order chi connectivity index (χ0) is 14.3. The molecule has 0 saturated heterocycles. The molecule has 0 spiro atoms. The van der Waals surface area contributed by atoms with Crippen LogP contribution in [0.1, 0.15) is 37.1 Å². The van der Waals surface area contributed by atoms with Crippen LogP contribution in [-0.4, -0.2) is 12.6 Å². The van der Waals surface area contributed by atoms with E-state index in [2.05, 4.69) is 6.58 Å². The smallest absolute Gasteiger partial charge is 0.336 e. The van der Waals surface area contributed by atoms with Crippen molar-refractivity contribution >= 4 is 5.97 Å². The average molecular weight is 261 g/mol. The van der Waals surface area contributed by atoms with Gasteiger partial charge < -0.3 is 4.74 Å². The van der Waals surface area contributed by atoms with E-state index in [0.29, 0.717) is 5.56 Å². The highest BCUT2D eigenvalue weighted by molar-refractivity contribution is 5.89. The number of esters is 1. The van der Waals surface area contributed by atoms with E-state index in [1.807, 2.05) is 13.0 Å². The first-order valence-electron chi connectivity index (χ1n) is 6.10. The molecule has 0 aliphatic heterocycles. The summed E-state index contributed by atoms with van der Waals surface area (Å²) in [7, 11) is 0.